The SMILES string of the molecule is CC(=O)N(C(C)=O)c1ccc(C)c(N)c1. The predicted molar refractivity (Wildman–Crippen MR) is 59.4 cm³/mol. The number of anilines is 2. The fourth-order valence-electron chi connectivity index (χ4n) is 1.35. The molecule has 0 unspecified atom stereocenters. The molecule has 4 nitrogen and oxygen atoms in total. The molecule has 15 heavy (non-hydrogen) atoms. The monoisotopic (exact) mass is 206 g/mol. The van der Waals surface area contributed by atoms with Crippen molar-refractivity contribution in [2.24, 2.45) is 0 Å². The molecule has 4 heteroatoms. The molecule has 0 aliphatic carbocycles. The Morgan fingerprint density at radius 3 is 2.13 bits per heavy atom. The van der Waals surface area contributed by atoms with Crippen molar-refractivity contribution in [3.05, 3.63) is 23.8 Å². The molecular formula is C11H14N2O2. The molecule has 0 radical (unpaired) electrons. The lowest BCUT2D eigenvalue weighted by Crippen LogP contribution is -2.33. The van der Waals surface area contributed by atoms with E-state index in [4.69, 9.17) is 5.73 Å². The molecule has 0 spiro atoms. The molecular weight excluding hydrogens is 192 g/mol. The number of nitrogens with zero attached hydrogens (tertiary/aromatic N) is 1. The van der Waals surface area contributed by atoms with Gasteiger partial charge in [0, 0.05) is 19.5 Å². The second-order valence-electron chi connectivity index (χ2n) is 3.41. The van der Waals surface area contributed by atoms with Crippen LogP contribution in [0.1, 0.15) is 19.4 Å². The molecule has 0 fully saturated rings. The summed E-state index contributed by atoms with van der Waals surface area (Å²) in [5.74, 6) is -0.628. The largest absolute Gasteiger partial charge is 0.398 e. The van der Waals surface area contributed by atoms with Crippen molar-refractivity contribution in [3.63, 3.8) is 0 Å². The van der Waals surface area contributed by atoms with Crippen molar-refractivity contribution in [3.8, 4) is 0 Å². The van der Waals surface area contributed by atoms with E-state index >= 15 is 0 Å². The van der Waals surface area contributed by atoms with E-state index in [9.17, 15) is 9.59 Å². The standard InChI is InChI=1S/C11H14N2O2/c1-7-4-5-10(6-11(7)12)13(8(2)14)9(3)15/h4-6H,12H2,1-3H3. The summed E-state index contributed by atoms with van der Waals surface area (Å²) in [4.78, 5) is 23.6. The molecule has 1 rings (SSSR count). The summed E-state index contributed by atoms with van der Waals surface area (Å²) >= 11 is 0. The Morgan fingerprint density at radius 2 is 1.73 bits per heavy atom. The van der Waals surface area contributed by atoms with E-state index < -0.39 is 0 Å². The van der Waals surface area contributed by atoms with E-state index in [1.807, 2.05) is 6.92 Å². The van der Waals surface area contributed by atoms with E-state index in [-0.39, 0.29) is 11.8 Å². The summed E-state index contributed by atoms with van der Waals surface area (Å²) in [6.07, 6.45) is 0. The van der Waals surface area contributed by atoms with Crippen LogP contribution in [-0.4, -0.2) is 11.8 Å². The molecule has 0 bridgehead atoms. The average Bonchev–Trinajstić information content (AvgIpc) is 2.10. The Morgan fingerprint density at radius 1 is 1.20 bits per heavy atom. The summed E-state index contributed by atoms with van der Waals surface area (Å²) in [6.45, 7) is 4.56. The molecule has 0 aliphatic heterocycles. The quantitative estimate of drug-likeness (QED) is 0.708. The number of rotatable bonds is 1. The number of benzene rings is 1. The van der Waals surface area contributed by atoms with Crippen LogP contribution in [-0.2, 0) is 9.59 Å². The highest BCUT2D eigenvalue weighted by atomic mass is 16.2. The van der Waals surface area contributed by atoms with Gasteiger partial charge in [-0.1, -0.05) is 6.07 Å². The first kappa shape index (κ1) is 11.2. The summed E-state index contributed by atoms with van der Waals surface area (Å²) in [7, 11) is 0. The van der Waals surface area contributed by atoms with Gasteiger partial charge in [0.25, 0.3) is 0 Å². The van der Waals surface area contributed by atoms with Gasteiger partial charge >= 0.3 is 0 Å². The predicted octanol–water partition coefficient (Wildman–Crippen LogP) is 1.48. The Kier molecular flexibility index (Phi) is 3.09. The third-order valence-corrected chi connectivity index (χ3v) is 2.15. The number of nitrogen functional groups attached to an aromatic ring is 1. The van der Waals surface area contributed by atoms with Gasteiger partial charge in [-0.3, -0.25) is 14.5 Å². The van der Waals surface area contributed by atoms with Crippen LogP contribution in [0.3, 0.4) is 0 Å². The van der Waals surface area contributed by atoms with Crippen molar-refractivity contribution in [2.75, 3.05) is 10.6 Å². The topological polar surface area (TPSA) is 63.4 Å². The van der Waals surface area contributed by atoms with Crippen LogP contribution in [0.15, 0.2) is 18.2 Å². The number of aryl methyl sites for hydroxylation is 1. The number of amides is 2. The van der Waals surface area contributed by atoms with Crippen molar-refractivity contribution >= 4 is 23.2 Å². The van der Waals surface area contributed by atoms with Gasteiger partial charge in [-0.05, 0) is 24.6 Å². The fraction of sp³-hybridized carbons (Fsp3) is 0.273. The van der Waals surface area contributed by atoms with Crippen LogP contribution in [0.5, 0.6) is 0 Å². The third-order valence-electron chi connectivity index (χ3n) is 2.15. The Balaban J connectivity index is 3.18. The number of nitrogens with two attached hydrogens (primary N) is 1. The summed E-state index contributed by atoms with van der Waals surface area (Å²) in [5.41, 5.74) is 7.71. The highest BCUT2D eigenvalue weighted by Crippen LogP contribution is 2.21. The normalized spacial score (nSPS) is 9.80. The second-order valence-corrected chi connectivity index (χ2v) is 3.41. The van der Waals surface area contributed by atoms with E-state index in [1.54, 1.807) is 18.2 Å². The van der Waals surface area contributed by atoms with Gasteiger partial charge in [0.1, 0.15) is 0 Å². The van der Waals surface area contributed by atoms with Gasteiger partial charge in [0.05, 0.1) is 5.69 Å². The van der Waals surface area contributed by atoms with Crippen LogP contribution >= 0.6 is 0 Å². The maximum atomic E-state index is 11.2. The van der Waals surface area contributed by atoms with E-state index in [1.165, 1.54) is 13.8 Å². The molecule has 0 aliphatic rings. The zero-order valence-corrected chi connectivity index (χ0v) is 9.07. The van der Waals surface area contributed by atoms with E-state index in [0.29, 0.717) is 11.4 Å². The summed E-state index contributed by atoms with van der Waals surface area (Å²) in [5, 5.41) is 0. The Labute approximate surface area is 88.7 Å². The van der Waals surface area contributed by atoms with Crippen LogP contribution in [0, 0.1) is 6.92 Å². The molecule has 2 N–H and O–H groups in total. The van der Waals surface area contributed by atoms with E-state index in [2.05, 4.69) is 0 Å². The maximum Gasteiger partial charge on any atom is 0.230 e. The van der Waals surface area contributed by atoms with Crippen LogP contribution in [0.4, 0.5) is 11.4 Å². The minimum absolute atomic E-state index is 0.314. The maximum absolute atomic E-state index is 11.2. The lowest BCUT2D eigenvalue weighted by atomic mass is 10.1. The lowest BCUT2D eigenvalue weighted by Gasteiger charge is -2.17. The number of hydrogen-bond donors (Lipinski definition) is 1. The minimum Gasteiger partial charge on any atom is -0.398 e. The van der Waals surface area contributed by atoms with Crippen LogP contribution in [0.2, 0.25) is 0 Å². The molecule has 80 valence electrons. The molecule has 2 amide bonds. The Bertz CT molecular complexity index is 399. The number of imide groups is 1. The third kappa shape index (κ3) is 2.34. The van der Waals surface area contributed by atoms with E-state index in [0.717, 1.165) is 10.5 Å². The minimum atomic E-state index is -0.314. The number of carbonyl (C=O) groups is 2. The summed E-state index contributed by atoms with van der Waals surface area (Å²) in [6, 6.07) is 5.11. The first-order chi connectivity index (χ1) is 6.93. The van der Waals surface area contributed by atoms with Gasteiger partial charge in [-0.2, -0.15) is 0 Å². The second kappa shape index (κ2) is 4.13. The smallest absolute Gasteiger partial charge is 0.230 e. The van der Waals surface area contributed by atoms with Crippen molar-refractivity contribution in [1.82, 2.24) is 0 Å². The zero-order valence-electron chi connectivity index (χ0n) is 9.07. The van der Waals surface area contributed by atoms with Gasteiger partial charge in [0.2, 0.25) is 11.8 Å². The molecule has 1 aromatic rings. The van der Waals surface area contributed by atoms with Gasteiger partial charge in [0.15, 0.2) is 0 Å². The molecule has 0 aromatic heterocycles. The van der Waals surface area contributed by atoms with Gasteiger partial charge < -0.3 is 5.73 Å². The first-order valence-electron chi connectivity index (χ1n) is 4.61. The average molecular weight is 206 g/mol. The summed E-state index contributed by atoms with van der Waals surface area (Å²) < 4.78 is 0. The van der Waals surface area contributed by atoms with Crippen molar-refractivity contribution < 1.29 is 9.59 Å². The fourth-order valence-corrected chi connectivity index (χ4v) is 1.35. The van der Waals surface area contributed by atoms with Crippen molar-refractivity contribution in [2.45, 2.75) is 20.8 Å². The highest BCUT2D eigenvalue weighted by molar-refractivity contribution is 6.13. The van der Waals surface area contributed by atoms with Crippen LogP contribution in [0.25, 0.3) is 0 Å². The molecule has 1 aromatic carbocycles. The zero-order chi connectivity index (χ0) is 11.6. The molecule has 0 saturated carbocycles. The highest BCUT2D eigenvalue weighted by Gasteiger charge is 2.16. The van der Waals surface area contributed by atoms with Crippen molar-refractivity contribution in [1.29, 1.82) is 0 Å². The number of carbonyl (C=O) groups excluding carboxylic acids is 2. The van der Waals surface area contributed by atoms with Gasteiger partial charge in [-0.15, -0.1) is 0 Å². The lowest BCUT2D eigenvalue weighted by molar-refractivity contribution is -0.124. The molecule has 0 atom stereocenters. The molecule has 0 saturated heterocycles. The van der Waals surface area contributed by atoms with Crippen LogP contribution < -0.4 is 10.6 Å². The Hall–Kier alpha value is -1.84. The molecule has 0 heterocycles. The van der Waals surface area contributed by atoms with Gasteiger partial charge in [-0.25, -0.2) is 0 Å². The first-order valence-corrected chi connectivity index (χ1v) is 4.61. The number of hydrogen-bond acceptors (Lipinski definition) is 3.